The molecule has 1 aliphatic heterocycles. The van der Waals surface area contributed by atoms with E-state index in [0.717, 1.165) is 29.4 Å². The third kappa shape index (κ3) is 5.43. The van der Waals surface area contributed by atoms with Gasteiger partial charge in [0.15, 0.2) is 18.1 Å². The number of ether oxygens (including phenoxy) is 2. The number of carbonyl (C=O) groups excluding carboxylic acids is 1. The quantitative estimate of drug-likeness (QED) is 0.570. The molecular formula is C26H31N3O4. The number of likely N-dealkylation sites (tertiary alicyclic amines) is 1. The number of hydrogen-bond acceptors (Lipinski definition) is 6. The average molecular weight is 450 g/mol. The lowest BCUT2D eigenvalue weighted by Crippen LogP contribution is -2.27. The van der Waals surface area contributed by atoms with Crippen molar-refractivity contribution in [3.8, 4) is 11.5 Å². The Labute approximate surface area is 194 Å². The molecule has 0 unspecified atom stereocenters. The molecule has 1 saturated heterocycles. The van der Waals surface area contributed by atoms with E-state index in [-0.39, 0.29) is 24.5 Å². The average Bonchev–Trinajstić information content (AvgIpc) is 3.16. The Morgan fingerprint density at radius 1 is 1.15 bits per heavy atom. The number of para-hydroxylation sites is 1. The first-order valence-corrected chi connectivity index (χ1v) is 11.2. The molecule has 0 radical (unpaired) electrons. The van der Waals surface area contributed by atoms with Crippen molar-refractivity contribution in [3.05, 3.63) is 65.9 Å². The topological polar surface area (TPSA) is 75.1 Å². The van der Waals surface area contributed by atoms with Gasteiger partial charge in [-0.25, -0.2) is 0 Å². The first-order chi connectivity index (χ1) is 15.9. The molecule has 0 aliphatic carbocycles. The third-order valence-corrected chi connectivity index (χ3v) is 6.19. The highest BCUT2D eigenvalue weighted by Gasteiger charge is 2.31. The van der Waals surface area contributed by atoms with E-state index in [9.17, 15) is 9.90 Å². The summed E-state index contributed by atoms with van der Waals surface area (Å²) in [6.07, 6.45) is 2.27. The maximum Gasteiger partial charge on any atom is 0.259 e. The lowest BCUT2D eigenvalue weighted by molar-refractivity contribution is -0.130. The predicted molar refractivity (Wildman–Crippen MR) is 127 cm³/mol. The summed E-state index contributed by atoms with van der Waals surface area (Å²) < 4.78 is 11.1. The van der Waals surface area contributed by atoms with Crippen LogP contribution in [0.3, 0.4) is 0 Å². The van der Waals surface area contributed by atoms with Crippen LogP contribution in [-0.4, -0.2) is 72.8 Å². The van der Waals surface area contributed by atoms with Crippen LogP contribution in [0, 0.1) is 5.92 Å². The van der Waals surface area contributed by atoms with E-state index < -0.39 is 0 Å². The Kier molecular flexibility index (Phi) is 7.11. The van der Waals surface area contributed by atoms with E-state index in [2.05, 4.69) is 22.0 Å². The van der Waals surface area contributed by atoms with Crippen LogP contribution in [-0.2, 0) is 17.8 Å². The van der Waals surface area contributed by atoms with Crippen LogP contribution in [0.15, 0.2) is 54.7 Å². The van der Waals surface area contributed by atoms with Gasteiger partial charge in [0, 0.05) is 51.2 Å². The van der Waals surface area contributed by atoms with E-state index in [0.29, 0.717) is 24.6 Å². The van der Waals surface area contributed by atoms with Gasteiger partial charge in [0.05, 0.1) is 18.7 Å². The molecule has 7 nitrogen and oxygen atoms in total. The summed E-state index contributed by atoms with van der Waals surface area (Å²) in [5.41, 5.74) is 3.25. The molecule has 1 fully saturated rings. The van der Waals surface area contributed by atoms with E-state index in [1.807, 2.05) is 42.6 Å². The second-order valence-electron chi connectivity index (χ2n) is 8.77. The number of amides is 1. The van der Waals surface area contributed by atoms with Gasteiger partial charge in [-0.2, -0.15) is 0 Å². The summed E-state index contributed by atoms with van der Waals surface area (Å²) in [5, 5.41) is 11.9. The molecular weight excluding hydrogens is 418 g/mol. The Balaban J connectivity index is 1.42. The molecule has 0 spiro atoms. The van der Waals surface area contributed by atoms with Crippen molar-refractivity contribution in [2.75, 3.05) is 40.9 Å². The summed E-state index contributed by atoms with van der Waals surface area (Å²) in [6, 6.07) is 16.0. The number of aliphatic hydroxyl groups is 1. The maximum absolute atomic E-state index is 11.9. The molecule has 2 aromatic carbocycles. The van der Waals surface area contributed by atoms with E-state index in [1.165, 1.54) is 10.5 Å². The van der Waals surface area contributed by atoms with Crippen molar-refractivity contribution in [2.24, 2.45) is 5.92 Å². The van der Waals surface area contributed by atoms with Gasteiger partial charge in [0.2, 0.25) is 0 Å². The van der Waals surface area contributed by atoms with Gasteiger partial charge in [-0.3, -0.25) is 14.7 Å². The summed E-state index contributed by atoms with van der Waals surface area (Å²) in [6.45, 7) is 2.07. The Morgan fingerprint density at radius 2 is 1.97 bits per heavy atom. The number of rotatable bonds is 8. The largest absolute Gasteiger partial charge is 0.493 e. The second-order valence-corrected chi connectivity index (χ2v) is 8.77. The first-order valence-electron chi connectivity index (χ1n) is 11.2. The molecule has 1 amide bonds. The van der Waals surface area contributed by atoms with Crippen LogP contribution in [0.25, 0.3) is 10.9 Å². The summed E-state index contributed by atoms with van der Waals surface area (Å²) in [7, 11) is 4.98. The number of fused-ring (bicyclic) bond motifs is 1. The normalized spacial score (nSPS) is 18.4. The van der Waals surface area contributed by atoms with Crippen molar-refractivity contribution in [3.63, 3.8) is 0 Å². The number of methoxy groups -OCH3 is 1. The van der Waals surface area contributed by atoms with Gasteiger partial charge in [0.25, 0.3) is 5.91 Å². The minimum absolute atomic E-state index is 0.0444. The zero-order valence-electron chi connectivity index (χ0n) is 19.4. The van der Waals surface area contributed by atoms with E-state index in [4.69, 9.17) is 9.47 Å². The minimum Gasteiger partial charge on any atom is -0.493 e. The smallest absolute Gasteiger partial charge is 0.259 e. The molecule has 4 rings (SSSR count). The van der Waals surface area contributed by atoms with Crippen LogP contribution >= 0.6 is 0 Å². The van der Waals surface area contributed by atoms with Crippen molar-refractivity contribution >= 4 is 16.8 Å². The third-order valence-electron chi connectivity index (χ3n) is 6.19. The number of aliphatic hydroxyl groups excluding tert-OH is 1. The van der Waals surface area contributed by atoms with Gasteiger partial charge in [-0.05, 0) is 41.8 Å². The Hall–Kier alpha value is -3.16. The first kappa shape index (κ1) is 23.0. The number of hydrogen-bond donors (Lipinski definition) is 1. The van der Waals surface area contributed by atoms with Crippen molar-refractivity contribution in [1.82, 2.24) is 14.8 Å². The zero-order valence-corrected chi connectivity index (χ0v) is 19.4. The lowest BCUT2D eigenvalue weighted by Gasteiger charge is -2.18. The molecule has 33 heavy (non-hydrogen) atoms. The van der Waals surface area contributed by atoms with Crippen molar-refractivity contribution < 1.29 is 19.4 Å². The highest BCUT2D eigenvalue weighted by Crippen LogP contribution is 2.30. The monoisotopic (exact) mass is 449 g/mol. The van der Waals surface area contributed by atoms with E-state index in [1.54, 1.807) is 21.2 Å². The highest BCUT2D eigenvalue weighted by atomic mass is 16.5. The number of aromatic nitrogens is 1. The fourth-order valence-electron chi connectivity index (χ4n) is 4.35. The fourth-order valence-corrected chi connectivity index (χ4v) is 4.35. The molecule has 174 valence electrons. The Bertz CT molecular complexity index is 1110. The molecule has 2 atom stereocenters. The number of carbonyl (C=O) groups is 1. The number of likely N-dealkylation sites (N-methyl/N-ethyl adjacent to an activating group) is 1. The van der Waals surface area contributed by atoms with Gasteiger partial charge in [-0.1, -0.05) is 24.3 Å². The summed E-state index contributed by atoms with van der Waals surface area (Å²) in [5.74, 6) is 1.18. The van der Waals surface area contributed by atoms with Gasteiger partial charge < -0.3 is 19.5 Å². The van der Waals surface area contributed by atoms with Crippen LogP contribution in [0.5, 0.6) is 11.5 Å². The fraction of sp³-hybridized carbons (Fsp3) is 0.385. The minimum atomic E-state index is -0.386. The van der Waals surface area contributed by atoms with Crippen molar-refractivity contribution in [2.45, 2.75) is 19.1 Å². The van der Waals surface area contributed by atoms with Crippen LogP contribution in [0.2, 0.25) is 0 Å². The lowest BCUT2D eigenvalue weighted by atomic mass is 9.94. The second kappa shape index (κ2) is 10.2. The highest BCUT2D eigenvalue weighted by molar-refractivity contribution is 5.81. The molecule has 1 N–H and O–H groups in total. The van der Waals surface area contributed by atoms with Gasteiger partial charge in [-0.15, -0.1) is 0 Å². The van der Waals surface area contributed by atoms with Gasteiger partial charge in [0.1, 0.15) is 0 Å². The van der Waals surface area contributed by atoms with Crippen molar-refractivity contribution in [1.29, 1.82) is 0 Å². The SMILES string of the molecule is COc1ccc(CN2C[C@@H](Cc3ccnc4ccccc34)[C@H](O)C2)cc1OCC(=O)N(C)C. The van der Waals surface area contributed by atoms with Gasteiger partial charge >= 0.3 is 0 Å². The van der Waals surface area contributed by atoms with Crippen LogP contribution < -0.4 is 9.47 Å². The molecule has 0 bridgehead atoms. The number of benzene rings is 2. The Morgan fingerprint density at radius 3 is 2.76 bits per heavy atom. The molecule has 3 aromatic rings. The molecule has 1 aliphatic rings. The number of β-amino-alcohol motifs (C(OH)–C–C–N with tert-alkyl or cyclic N) is 1. The van der Waals surface area contributed by atoms with Crippen LogP contribution in [0.4, 0.5) is 0 Å². The molecule has 2 heterocycles. The molecule has 1 aromatic heterocycles. The summed E-state index contributed by atoms with van der Waals surface area (Å²) >= 11 is 0. The molecule has 7 heteroatoms. The van der Waals surface area contributed by atoms with Crippen LogP contribution in [0.1, 0.15) is 11.1 Å². The maximum atomic E-state index is 11.9. The molecule has 0 saturated carbocycles. The predicted octanol–water partition coefficient (Wildman–Crippen LogP) is 2.75. The standard InChI is InChI=1S/C26H31N3O4/c1-28(2)26(31)17-33-25-12-18(8-9-24(25)32-3)14-29-15-20(23(30)16-29)13-19-10-11-27-22-7-5-4-6-21(19)22/h4-12,20,23,30H,13-17H2,1-3H3/t20-,23-/m1/s1. The zero-order chi connectivity index (χ0) is 23.4. The summed E-state index contributed by atoms with van der Waals surface area (Å²) in [4.78, 5) is 20.1. The number of pyridine rings is 1. The van der Waals surface area contributed by atoms with E-state index >= 15 is 0 Å². The number of nitrogens with zero attached hydrogens (tertiary/aromatic N) is 3.